The van der Waals surface area contributed by atoms with Gasteiger partial charge in [-0.2, -0.15) is 18.3 Å². The van der Waals surface area contributed by atoms with Crippen LogP contribution in [-0.4, -0.2) is 14.2 Å². The van der Waals surface area contributed by atoms with Gasteiger partial charge >= 0.3 is 6.18 Å². The Morgan fingerprint density at radius 3 is 2.63 bits per heavy atom. The third-order valence-electron chi connectivity index (χ3n) is 2.89. The van der Waals surface area contributed by atoms with E-state index in [0.717, 1.165) is 23.5 Å². The minimum absolute atomic E-state index is 0.463. The van der Waals surface area contributed by atoms with Gasteiger partial charge in [0.15, 0.2) is 0 Å². The fourth-order valence-electron chi connectivity index (χ4n) is 2.05. The summed E-state index contributed by atoms with van der Waals surface area (Å²) in [6.45, 7) is 1.84. The summed E-state index contributed by atoms with van der Waals surface area (Å²) >= 11 is 0. The minimum atomic E-state index is -4.34. The van der Waals surface area contributed by atoms with Crippen molar-refractivity contribution in [3.8, 4) is 5.69 Å². The zero-order valence-electron chi connectivity index (χ0n) is 10.0. The summed E-state index contributed by atoms with van der Waals surface area (Å²) in [6, 6.07) is 7.05. The van der Waals surface area contributed by atoms with Gasteiger partial charge in [-0.25, -0.2) is 4.52 Å². The first kappa shape index (κ1) is 11.8. The molecule has 0 unspecified atom stereocenters. The van der Waals surface area contributed by atoms with Crippen molar-refractivity contribution >= 4 is 5.65 Å². The molecule has 0 saturated carbocycles. The number of aromatic nitrogens is 3. The van der Waals surface area contributed by atoms with Crippen LogP contribution < -0.4 is 0 Å². The number of benzene rings is 1. The smallest absolute Gasteiger partial charge is 0.300 e. The van der Waals surface area contributed by atoms with E-state index < -0.39 is 11.7 Å². The normalized spacial score (nSPS) is 12.2. The molecule has 0 aliphatic carbocycles. The van der Waals surface area contributed by atoms with Crippen LogP contribution in [0.1, 0.15) is 11.3 Å². The molecule has 98 valence electrons. The molecule has 0 fully saturated rings. The van der Waals surface area contributed by atoms with E-state index in [-0.39, 0.29) is 0 Å². The van der Waals surface area contributed by atoms with Crippen molar-refractivity contribution in [1.29, 1.82) is 0 Å². The van der Waals surface area contributed by atoms with Gasteiger partial charge in [-0.3, -0.25) is 0 Å². The highest BCUT2D eigenvalue weighted by Gasteiger charge is 2.30. The van der Waals surface area contributed by atoms with E-state index in [2.05, 4.69) is 5.10 Å². The third kappa shape index (κ3) is 1.99. The Morgan fingerprint density at radius 2 is 1.89 bits per heavy atom. The molecule has 0 aliphatic rings. The molecule has 0 atom stereocenters. The van der Waals surface area contributed by atoms with Crippen LogP contribution in [0, 0.1) is 6.92 Å². The molecule has 0 spiro atoms. The van der Waals surface area contributed by atoms with E-state index in [1.807, 2.05) is 13.0 Å². The van der Waals surface area contributed by atoms with Crippen molar-refractivity contribution in [1.82, 2.24) is 14.2 Å². The second kappa shape index (κ2) is 3.88. The lowest BCUT2D eigenvalue weighted by Crippen LogP contribution is -2.05. The Bertz CT molecular complexity index is 737. The SMILES string of the molecule is Cc1cc2n(-c3cccc(C(F)(F)F)c3)ccn2n1. The molecule has 0 amide bonds. The molecule has 0 radical (unpaired) electrons. The van der Waals surface area contributed by atoms with Gasteiger partial charge in [0.25, 0.3) is 0 Å². The van der Waals surface area contributed by atoms with Crippen molar-refractivity contribution in [3.63, 3.8) is 0 Å². The van der Waals surface area contributed by atoms with E-state index in [1.165, 1.54) is 6.07 Å². The number of hydrogen-bond donors (Lipinski definition) is 0. The summed E-state index contributed by atoms with van der Waals surface area (Å²) in [5.74, 6) is 0. The molecule has 6 heteroatoms. The highest BCUT2D eigenvalue weighted by molar-refractivity contribution is 5.50. The Balaban J connectivity index is 2.16. The summed E-state index contributed by atoms with van der Waals surface area (Å²) in [5, 5.41) is 4.20. The number of hydrogen-bond acceptors (Lipinski definition) is 1. The second-order valence-electron chi connectivity index (χ2n) is 4.30. The number of aryl methyl sites for hydroxylation is 1. The molecule has 3 rings (SSSR count). The van der Waals surface area contributed by atoms with Crippen LogP contribution >= 0.6 is 0 Å². The molecule has 1 aromatic carbocycles. The average molecular weight is 265 g/mol. The van der Waals surface area contributed by atoms with Crippen LogP contribution in [-0.2, 0) is 6.18 Å². The van der Waals surface area contributed by atoms with E-state index in [9.17, 15) is 13.2 Å². The van der Waals surface area contributed by atoms with Gasteiger partial charge in [-0.1, -0.05) is 6.07 Å². The predicted octanol–water partition coefficient (Wildman–Crippen LogP) is 3.45. The third-order valence-corrected chi connectivity index (χ3v) is 2.89. The fraction of sp³-hybridized carbons (Fsp3) is 0.154. The first-order chi connectivity index (χ1) is 8.95. The average Bonchev–Trinajstić information content (AvgIpc) is 2.86. The predicted molar refractivity (Wildman–Crippen MR) is 64.3 cm³/mol. The Labute approximate surface area is 106 Å². The second-order valence-corrected chi connectivity index (χ2v) is 4.30. The first-order valence-corrected chi connectivity index (χ1v) is 5.66. The lowest BCUT2D eigenvalue weighted by Gasteiger charge is -2.09. The van der Waals surface area contributed by atoms with Crippen molar-refractivity contribution in [2.75, 3.05) is 0 Å². The topological polar surface area (TPSA) is 22.2 Å². The Kier molecular flexibility index (Phi) is 2.41. The van der Waals surface area contributed by atoms with Crippen LogP contribution in [0.5, 0.6) is 0 Å². The zero-order chi connectivity index (χ0) is 13.6. The van der Waals surface area contributed by atoms with Crippen LogP contribution in [0.25, 0.3) is 11.3 Å². The molecule has 0 aliphatic heterocycles. The lowest BCUT2D eigenvalue weighted by atomic mass is 10.2. The number of nitrogens with zero attached hydrogens (tertiary/aromatic N) is 3. The van der Waals surface area contributed by atoms with Gasteiger partial charge in [0.2, 0.25) is 0 Å². The summed E-state index contributed by atoms with van der Waals surface area (Å²) in [5.41, 5.74) is 1.35. The first-order valence-electron chi connectivity index (χ1n) is 5.66. The van der Waals surface area contributed by atoms with Crippen molar-refractivity contribution in [2.45, 2.75) is 13.1 Å². The molecule has 19 heavy (non-hydrogen) atoms. The van der Waals surface area contributed by atoms with Crippen LogP contribution in [0.4, 0.5) is 13.2 Å². The molecule has 0 saturated heterocycles. The van der Waals surface area contributed by atoms with Gasteiger partial charge in [0.1, 0.15) is 5.65 Å². The van der Waals surface area contributed by atoms with Crippen molar-refractivity contribution < 1.29 is 13.2 Å². The van der Waals surface area contributed by atoms with E-state index >= 15 is 0 Å². The summed E-state index contributed by atoms with van der Waals surface area (Å²) < 4.78 is 41.4. The van der Waals surface area contributed by atoms with Gasteiger partial charge in [0, 0.05) is 24.1 Å². The summed E-state index contributed by atoms with van der Waals surface area (Å²) in [4.78, 5) is 0. The molecule has 0 N–H and O–H groups in total. The van der Waals surface area contributed by atoms with Crippen LogP contribution in [0.2, 0.25) is 0 Å². The molecular formula is C13H10F3N3. The van der Waals surface area contributed by atoms with Gasteiger partial charge < -0.3 is 4.57 Å². The fourth-order valence-corrected chi connectivity index (χ4v) is 2.05. The maximum atomic E-state index is 12.7. The maximum Gasteiger partial charge on any atom is 0.416 e. The maximum absolute atomic E-state index is 12.7. The summed E-state index contributed by atoms with van der Waals surface area (Å²) in [7, 11) is 0. The molecule has 2 heterocycles. The quantitative estimate of drug-likeness (QED) is 0.660. The molecular weight excluding hydrogens is 255 g/mol. The van der Waals surface area contributed by atoms with E-state index in [1.54, 1.807) is 27.5 Å². The number of rotatable bonds is 1. The zero-order valence-corrected chi connectivity index (χ0v) is 10.0. The van der Waals surface area contributed by atoms with Gasteiger partial charge in [0.05, 0.1) is 11.3 Å². The molecule has 0 bridgehead atoms. The highest BCUT2D eigenvalue weighted by Crippen LogP contribution is 2.30. The van der Waals surface area contributed by atoms with Crippen molar-refractivity contribution in [2.24, 2.45) is 0 Å². The largest absolute Gasteiger partial charge is 0.416 e. The standard InChI is InChI=1S/C13H10F3N3/c1-9-7-12-18(5-6-19(12)17-9)11-4-2-3-10(8-11)13(14,15)16/h2-8H,1H3. The Morgan fingerprint density at radius 1 is 1.11 bits per heavy atom. The highest BCUT2D eigenvalue weighted by atomic mass is 19.4. The molecule has 3 aromatic rings. The number of alkyl halides is 3. The van der Waals surface area contributed by atoms with E-state index in [4.69, 9.17) is 0 Å². The Hall–Kier alpha value is -2.24. The summed E-state index contributed by atoms with van der Waals surface area (Å²) in [6.07, 6.45) is -0.935. The van der Waals surface area contributed by atoms with E-state index in [0.29, 0.717) is 5.69 Å². The number of imidazole rings is 1. The number of fused-ring (bicyclic) bond motifs is 1. The molecule has 2 aromatic heterocycles. The minimum Gasteiger partial charge on any atom is -0.300 e. The number of halogens is 3. The van der Waals surface area contributed by atoms with Crippen LogP contribution in [0.15, 0.2) is 42.7 Å². The lowest BCUT2D eigenvalue weighted by molar-refractivity contribution is -0.137. The van der Waals surface area contributed by atoms with Gasteiger partial charge in [-0.05, 0) is 25.1 Å². The van der Waals surface area contributed by atoms with Crippen LogP contribution in [0.3, 0.4) is 0 Å². The van der Waals surface area contributed by atoms with Gasteiger partial charge in [-0.15, -0.1) is 0 Å². The van der Waals surface area contributed by atoms with Crippen molar-refractivity contribution in [3.05, 3.63) is 54.0 Å². The monoisotopic (exact) mass is 265 g/mol. The molecule has 3 nitrogen and oxygen atoms in total.